The molecular formula is C24H24ClN5O4. The van der Waals surface area contributed by atoms with Gasteiger partial charge in [0.05, 0.1) is 11.1 Å². The summed E-state index contributed by atoms with van der Waals surface area (Å²) in [5, 5.41) is 8.63. The molecule has 0 radical (unpaired) electrons. The summed E-state index contributed by atoms with van der Waals surface area (Å²) in [7, 11) is 0. The number of amides is 3. The highest BCUT2D eigenvalue weighted by molar-refractivity contribution is 6.30. The second-order valence-corrected chi connectivity index (χ2v) is 8.65. The van der Waals surface area contributed by atoms with Crippen LogP contribution < -0.4 is 16.0 Å². The van der Waals surface area contributed by atoms with E-state index in [1.807, 2.05) is 30.3 Å². The zero-order chi connectivity index (χ0) is 24.1. The Morgan fingerprint density at radius 2 is 1.97 bits per heavy atom. The van der Waals surface area contributed by atoms with Crippen LogP contribution in [0.15, 0.2) is 54.9 Å². The lowest BCUT2D eigenvalue weighted by molar-refractivity contribution is -0.127. The maximum absolute atomic E-state index is 13.1. The first kappa shape index (κ1) is 23.4. The van der Waals surface area contributed by atoms with Crippen LogP contribution in [0.2, 0.25) is 5.02 Å². The first-order valence-corrected chi connectivity index (χ1v) is 11.3. The Hall–Kier alpha value is -3.72. The Balaban J connectivity index is 1.50. The molecule has 176 valence electrons. The smallest absolute Gasteiger partial charge is 0.272 e. The molecule has 1 fully saturated rings. The largest absolute Gasteiger partial charge is 0.356 e. The number of carbonyl (C=O) groups excluding carboxylic acids is 4. The highest BCUT2D eigenvalue weighted by Gasteiger charge is 2.30. The average Bonchev–Trinajstić information content (AvgIpc) is 3.44. The van der Waals surface area contributed by atoms with Crippen LogP contribution in [0.5, 0.6) is 0 Å². The monoisotopic (exact) mass is 481 g/mol. The van der Waals surface area contributed by atoms with Crippen molar-refractivity contribution < 1.29 is 19.2 Å². The summed E-state index contributed by atoms with van der Waals surface area (Å²) >= 11 is 6.00. The van der Waals surface area contributed by atoms with Gasteiger partial charge in [0.1, 0.15) is 23.7 Å². The molecule has 3 atom stereocenters. The fourth-order valence-corrected chi connectivity index (χ4v) is 4.14. The highest BCUT2D eigenvalue weighted by atomic mass is 35.5. The van der Waals surface area contributed by atoms with Gasteiger partial charge in [0, 0.05) is 31.3 Å². The van der Waals surface area contributed by atoms with Gasteiger partial charge in [0.15, 0.2) is 0 Å². The van der Waals surface area contributed by atoms with E-state index in [1.165, 1.54) is 6.20 Å². The topological polar surface area (TPSA) is 122 Å². The second-order valence-electron chi connectivity index (χ2n) is 8.22. The van der Waals surface area contributed by atoms with Crippen LogP contribution in [0.4, 0.5) is 0 Å². The molecule has 0 spiro atoms. The minimum Gasteiger partial charge on any atom is -0.356 e. The molecule has 1 saturated heterocycles. The van der Waals surface area contributed by atoms with Crippen LogP contribution in [-0.4, -0.2) is 52.0 Å². The molecule has 1 aromatic carbocycles. The number of nitrogens with zero attached hydrogens (tertiary/aromatic N) is 2. The van der Waals surface area contributed by atoms with E-state index in [9.17, 15) is 19.2 Å². The van der Waals surface area contributed by atoms with Crippen molar-refractivity contribution in [3.05, 3.63) is 71.1 Å². The first-order chi connectivity index (χ1) is 16.4. The maximum atomic E-state index is 13.1. The van der Waals surface area contributed by atoms with E-state index < -0.39 is 23.9 Å². The van der Waals surface area contributed by atoms with Gasteiger partial charge in [0.2, 0.25) is 11.8 Å². The summed E-state index contributed by atoms with van der Waals surface area (Å²) < 4.78 is 1.62. The third-order valence-electron chi connectivity index (χ3n) is 5.75. The number of imidazole rings is 1. The van der Waals surface area contributed by atoms with Gasteiger partial charge in [-0.15, -0.1) is 0 Å². The van der Waals surface area contributed by atoms with Crippen molar-refractivity contribution in [1.82, 2.24) is 25.3 Å². The minimum atomic E-state index is -0.955. The quantitative estimate of drug-likeness (QED) is 0.400. The molecule has 3 amide bonds. The molecule has 10 heteroatoms. The molecule has 4 rings (SSSR count). The lowest BCUT2D eigenvalue weighted by atomic mass is 9.98. The minimum absolute atomic E-state index is 0.123. The maximum Gasteiger partial charge on any atom is 0.272 e. The van der Waals surface area contributed by atoms with Gasteiger partial charge in [-0.25, -0.2) is 4.98 Å². The lowest BCUT2D eigenvalue weighted by Crippen LogP contribution is -2.51. The molecule has 9 nitrogen and oxygen atoms in total. The average molecular weight is 482 g/mol. The van der Waals surface area contributed by atoms with Crippen molar-refractivity contribution in [1.29, 1.82) is 0 Å². The predicted octanol–water partition coefficient (Wildman–Crippen LogP) is 1.54. The van der Waals surface area contributed by atoms with Crippen molar-refractivity contribution >= 4 is 41.3 Å². The van der Waals surface area contributed by atoms with Gasteiger partial charge in [-0.1, -0.05) is 41.9 Å². The normalized spacial score (nSPS) is 17.1. The summed E-state index contributed by atoms with van der Waals surface area (Å²) in [6.45, 7) is 0.555. The Labute approximate surface area is 200 Å². The number of hydrogen-bond donors (Lipinski definition) is 3. The number of aromatic nitrogens is 2. The van der Waals surface area contributed by atoms with E-state index in [4.69, 9.17) is 11.6 Å². The Morgan fingerprint density at radius 1 is 1.18 bits per heavy atom. The number of aldehydes is 1. The highest BCUT2D eigenvalue weighted by Crippen LogP contribution is 2.16. The molecule has 1 aliphatic rings. The van der Waals surface area contributed by atoms with Crippen molar-refractivity contribution in [2.45, 2.75) is 31.3 Å². The first-order valence-electron chi connectivity index (χ1n) is 11.0. The van der Waals surface area contributed by atoms with E-state index in [0.29, 0.717) is 29.9 Å². The molecule has 0 bridgehead atoms. The van der Waals surface area contributed by atoms with Crippen LogP contribution in [0.3, 0.4) is 0 Å². The van der Waals surface area contributed by atoms with Gasteiger partial charge >= 0.3 is 0 Å². The molecule has 0 saturated carbocycles. The molecule has 34 heavy (non-hydrogen) atoms. The van der Waals surface area contributed by atoms with Gasteiger partial charge in [0.25, 0.3) is 5.91 Å². The zero-order valence-corrected chi connectivity index (χ0v) is 19.0. The second kappa shape index (κ2) is 10.5. The molecule has 2 aromatic heterocycles. The standard InChI is InChI=1S/C24H24ClN5O4/c25-17-6-7-21-28-20(13-30(21)12-17)24(34)29-19(10-15-4-2-1-3-5-15)23(33)27-18(14-31)11-16-8-9-26-22(16)32/h1-7,12-14,16,18-19H,8-11H2,(H,26,32)(H,27,33)(H,29,34)/t16-,18-,19-/m0/s1. The number of benzene rings is 1. The third kappa shape index (κ3) is 5.60. The number of nitrogens with one attached hydrogen (secondary N) is 3. The fraction of sp³-hybridized carbons (Fsp3) is 0.292. The van der Waals surface area contributed by atoms with Crippen LogP contribution >= 0.6 is 11.6 Å². The summed E-state index contributed by atoms with van der Waals surface area (Å²) in [4.78, 5) is 53.9. The van der Waals surface area contributed by atoms with Crippen molar-refractivity contribution in [2.75, 3.05) is 6.54 Å². The zero-order valence-electron chi connectivity index (χ0n) is 18.2. The van der Waals surface area contributed by atoms with Crippen LogP contribution in [0, 0.1) is 5.92 Å². The van der Waals surface area contributed by atoms with Gasteiger partial charge < -0.3 is 25.1 Å². The van der Waals surface area contributed by atoms with Crippen molar-refractivity contribution in [2.24, 2.45) is 5.92 Å². The molecule has 1 aliphatic heterocycles. The Bertz CT molecular complexity index is 1210. The van der Waals surface area contributed by atoms with E-state index in [1.54, 1.807) is 22.7 Å². The molecular weight excluding hydrogens is 458 g/mol. The fourth-order valence-electron chi connectivity index (χ4n) is 3.97. The molecule has 3 aromatic rings. The Morgan fingerprint density at radius 3 is 2.68 bits per heavy atom. The van der Waals surface area contributed by atoms with Crippen molar-refractivity contribution in [3.8, 4) is 0 Å². The van der Waals surface area contributed by atoms with Gasteiger partial charge in [-0.05, 0) is 30.5 Å². The van der Waals surface area contributed by atoms with Gasteiger partial charge in [-0.2, -0.15) is 0 Å². The van der Waals surface area contributed by atoms with Crippen LogP contribution in [0.1, 0.15) is 28.9 Å². The van der Waals surface area contributed by atoms with Crippen LogP contribution in [-0.2, 0) is 20.8 Å². The summed E-state index contributed by atoms with van der Waals surface area (Å²) in [5.41, 5.74) is 1.50. The number of hydrogen-bond acceptors (Lipinski definition) is 5. The van der Waals surface area contributed by atoms with E-state index in [2.05, 4.69) is 20.9 Å². The molecule has 3 N–H and O–H groups in total. The number of rotatable bonds is 9. The summed E-state index contributed by atoms with van der Waals surface area (Å²) in [5.74, 6) is -1.50. The van der Waals surface area contributed by atoms with E-state index >= 15 is 0 Å². The molecule has 0 aliphatic carbocycles. The van der Waals surface area contributed by atoms with Gasteiger partial charge in [-0.3, -0.25) is 14.4 Å². The Kier molecular flexibility index (Phi) is 7.22. The number of carbonyl (C=O) groups is 4. The number of halogens is 1. The summed E-state index contributed by atoms with van der Waals surface area (Å²) in [6, 6.07) is 10.8. The number of fused-ring (bicyclic) bond motifs is 1. The van der Waals surface area contributed by atoms with Crippen LogP contribution in [0.25, 0.3) is 5.65 Å². The van der Waals surface area contributed by atoms with E-state index in [0.717, 1.165) is 5.56 Å². The predicted molar refractivity (Wildman–Crippen MR) is 125 cm³/mol. The number of pyridine rings is 1. The lowest BCUT2D eigenvalue weighted by Gasteiger charge is -2.21. The summed E-state index contributed by atoms with van der Waals surface area (Å²) in [6.07, 6.45) is 4.81. The van der Waals surface area contributed by atoms with Crippen molar-refractivity contribution in [3.63, 3.8) is 0 Å². The third-order valence-corrected chi connectivity index (χ3v) is 5.97. The van der Waals surface area contributed by atoms with E-state index in [-0.39, 0.29) is 30.4 Å². The molecule has 0 unspecified atom stereocenters. The molecule has 3 heterocycles. The SMILES string of the molecule is O=C[C@H](C[C@@H]1CCNC1=O)NC(=O)[C@H](Cc1ccccc1)NC(=O)c1cn2cc(Cl)ccc2n1.